The van der Waals surface area contributed by atoms with E-state index in [1.807, 2.05) is 11.0 Å². The van der Waals surface area contributed by atoms with Crippen LogP contribution in [-0.2, 0) is 22.5 Å². The van der Waals surface area contributed by atoms with E-state index in [4.69, 9.17) is 4.74 Å². The van der Waals surface area contributed by atoms with Crippen LogP contribution in [0.15, 0.2) is 60.0 Å². The average molecular weight is 380 g/mol. The van der Waals surface area contributed by atoms with Gasteiger partial charge >= 0.3 is 0 Å². The summed E-state index contributed by atoms with van der Waals surface area (Å²) in [6.07, 6.45) is 3.66. The molecular weight excluding hydrogens is 354 g/mol. The molecule has 3 aromatic rings. The molecule has 1 aliphatic rings. The van der Waals surface area contributed by atoms with E-state index in [1.165, 1.54) is 21.2 Å². The Labute approximate surface area is 164 Å². The van der Waals surface area contributed by atoms with Gasteiger partial charge in [0.1, 0.15) is 0 Å². The third-order valence-corrected chi connectivity index (χ3v) is 6.03. The van der Waals surface area contributed by atoms with Gasteiger partial charge in [-0.3, -0.25) is 4.79 Å². The number of carbonyl (C=O) groups is 1. The highest BCUT2D eigenvalue weighted by atomic mass is 32.1. The highest BCUT2D eigenvalue weighted by Gasteiger charge is 2.23. The molecule has 3 nitrogen and oxygen atoms in total. The molecule has 4 rings (SSSR count). The van der Waals surface area contributed by atoms with Gasteiger partial charge in [0, 0.05) is 24.4 Å². The van der Waals surface area contributed by atoms with Crippen molar-refractivity contribution in [1.82, 2.24) is 4.90 Å². The fraction of sp³-hybridized carbons (Fsp3) is 0.348. The van der Waals surface area contributed by atoms with Crippen molar-refractivity contribution in [3.05, 3.63) is 70.4 Å². The van der Waals surface area contributed by atoms with Crippen LogP contribution in [0.5, 0.6) is 0 Å². The summed E-state index contributed by atoms with van der Waals surface area (Å²) in [5.74, 6) is 0.215. The first kappa shape index (κ1) is 18.2. The maximum atomic E-state index is 13.0. The number of hydrogen-bond acceptors (Lipinski definition) is 3. The Morgan fingerprint density at radius 3 is 2.78 bits per heavy atom. The SMILES string of the molecule is O=C(CCc1ccc2ccccc2c1)N(Cc1cccs1)CC1CCCO1. The average Bonchev–Trinajstić information content (AvgIpc) is 3.39. The number of fused-ring (bicyclic) bond motifs is 1. The van der Waals surface area contributed by atoms with Crippen LogP contribution < -0.4 is 0 Å². The Kier molecular flexibility index (Phi) is 5.85. The highest BCUT2D eigenvalue weighted by molar-refractivity contribution is 7.09. The highest BCUT2D eigenvalue weighted by Crippen LogP contribution is 2.20. The van der Waals surface area contributed by atoms with Crippen LogP contribution in [0.25, 0.3) is 10.8 Å². The van der Waals surface area contributed by atoms with Crippen LogP contribution in [0.3, 0.4) is 0 Å². The van der Waals surface area contributed by atoms with Crippen LogP contribution in [0, 0.1) is 0 Å². The number of carbonyl (C=O) groups excluding carboxylic acids is 1. The molecule has 2 aromatic carbocycles. The summed E-state index contributed by atoms with van der Waals surface area (Å²) in [4.78, 5) is 16.2. The molecule has 1 fully saturated rings. The second-order valence-corrected chi connectivity index (χ2v) is 8.20. The monoisotopic (exact) mass is 379 g/mol. The minimum Gasteiger partial charge on any atom is -0.376 e. The van der Waals surface area contributed by atoms with E-state index in [0.717, 1.165) is 25.9 Å². The lowest BCUT2D eigenvalue weighted by atomic mass is 10.0. The molecule has 1 aromatic heterocycles. The minimum absolute atomic E-state index is 0.189. The van der Waals surface area contributed by atoms with Crippen molar-refractivity contribution in [2.45, 2.75) is 38.3 Å². The predicted octanol–water partition coefficient (Wildman–Crippen LogP) is 5.04. The Balaban J connectivity index is 1.41. The standard InChI is InChI=1S/C23H25NO2S/c25-23(12-10-18-9-11-19-5-1-2-6-20(19)15-18)24(16-21-7-3-13-26-21)17-22-8-4-14-27-22/h1-2,4-6,8-9,11,14-15,21H,3,7,10,12-13,16-17H2. The lowest BCUT2D eigenvalue weighted by Crippen LogP contribution is -2.36. The third-order valence-electron chi connectivity index (χ3n) is 5.17. The smallest absolute Gasteiger partial charge is 0.223 e. The first-order valence-electron chi connectivity index (χ1n) is 9.67. The lowest BCUT2D eigenvalue weighted by Gasteiger charge is -2.25. The van der Waals surface area contributed by atoms with Crippen molar-refractivity contribution in [3.8, 4) is 0 Å². The van der Waals surface area contributed by atoms with Gasteiger partial charge in [-0.1, -0.05) is 48.5 Å². The summed E-state index contributed by atoms with van der Waals surface area (Å²) in [6, 6.07) is 19.0. The van der Waals surface area contributed by atoms with Gasteiger partial charge in [-0.2, -0.15) is 0 Å². The number of rotatable bonds is 7. The Bertz CT molecular complexity index is 884. The molecule has 1 amide bonds. The molecule has 0 spiro atoms. The summed E-state index contributed by atoms with van der Waals surface area (Å²) in [7, 11) is 0. The molecular formula is C23H25NO2S. The third kappa shape index (κ3) is 4.76. The minimum atomic E-state index is 0.189. The molecule has 0 saturated carbocycles. The second kappa shape index (κ2) is 8.68. The van der Waals surface area contributed by atoms with E-state index in [0.29, 0.717) is 19.5 Å². The van der Waals surface area contributed by atoms with Gasteiger partial charge in [0.25, 0.3) is 0 Å². The van der Waals surface area contributed by atoms with E-state index < -0.39 is 0 Å². The molecule has 0 aliphatic carbocycles. The van der Waals surface area contributed by atoms with Gasteiger partial charge in [-0.15, -0.1) is 11.3 Å². The van der Waals surface area contributed by atoms with Gasteiger partial charge in [-0.25, -0.2) is 0 Å². The number of thiophene rings is 1. The van der Waals surface area contributed by atoms with E-state index in [1.54, 1.807) is 11.3 Å². The van der Waals surface area contributed by atoms with Crippen molar-refractivity contribution in [2.24, 2.45) is 0 Å². The molecule has 2 heterocycles. The quantitative estimate of drug-likeness (QED) is 0.575. The van der Waals surface area contributed by atoms with E-state index >= 15 is 0 Å². The summed E-state index contributed by atoms with van der Waals surface area (Å²) in [5, 5.41) is 4.54. The predicted molar refractivity (Wildman–Crippen MR) is 111 cm³/mol. The number of ether oxygens (including phenoxy) is 1. The molecule has 27 heavy (non-hydrogen) atoms. The Morgan fingerprint density at radius 2 is 2.00 bits per heavy atom. The summed E-state index contributed by atoms with van der Waals surface area (Å²) >= 11 is 1.71. The zero-order chi connectivity index (χ0) is 18.5. The summed E-state index contributed by atoms with van der Waals surface area (Å²) < 4.78 is 5.77. The number of aryl methyl sites for hydroxylation is 1. The molecule has 140 valence electrons. The Hall–Kier alpha value is -2.17. The van der Waals surface area contributed by atoms with E-state index in [-0.39, 0.29) is 12.0 Å². The lowest BCUT2D eigenvalue weighted by molar-refractivity contribution is -0.133. The number of hydrogen-bond donors (Lipinski definition) is 0. The maximum Gasteiger partial charge on any atom is 0.223 e. The summed E-state index contributed by atoms with van der Waals surface area (Å²) in [5.41, 5.74) is 1.22. The van der Waals surface area contributed by atoms with Crippen LogP contribution >= 0.6 is 11.3 Å². The van der Waals surface area contributed by atoms with E-state index in [9.17, 15) is 4.79 Å². The molecule has 1 aliphatic heterocycles. The zero-order valence-corrected chi connectivity index (χ0v) is 16.3. The normalized spacial score (nSPS) is 16.7. The summed E-state index contributed by atoms with van der Waals surface area (Å²) in [6.45, 7) is 2.21. The molecule has 4 heteroatoms. The van der Waals surface area contributed by atoms with Crippen molar-refractivity contribution >= 4 is 28.0 Å². The van der Waals surface area contributed by atoms with Gasteiger partial charge in [-0.05, 0) is 47.0 Å². The van der Waals surface area contributed by atoms with E-state index in [2.05, 4.69) is 53.9 Å². The van der Waals surface area contributed by atoms with Crippen LogP contribution in [0.1, 0.15) is 29.7 Å². The number of benzene rings is 2. The van der Waals surface area contributed by atoms with Gasteiger partial charge in [0.15, 0.2) is 0 Å². The molecule has 0 N–H and O–H groups in total. The molecule has 0 radical (unpaired) electrons. The molecule has 1 atom stereocenters. The Morgan fingerprint density at radius 1 is 1.11 bits per heavy atom. The number of amides is 1. The van der Waals surface area contributed by atoms with Gasteiger partial charge in [0.2, 0.25) is 5.91 Å². The number of nitrogens with zero attached hydrogens (tertiary/aromatic N) is 1. The molecule has 0 bridgehead atoms. The van der Waals surface area contributed by atoms with Crippen LogP contribution in [-0.4, -0.2) is 30.1 Å². The topological polar surface area (TPSA) is 29.5 Å². The fourth-order valence-corrected chi connectivity index (χ4v) is 4.40. The second-order valence-electron chi connectivity index (χ2n) is 7.17. The van der Waals surface area contributed by atoms with Crippen LogP contribution in [0.4, 0.5) is 0 Å². The zero-order valence-electron chi connectivity index (χ0n) is 15.5. The van der Waals surface area contributed by atoms with Gasteiger partial charge < -0.3 is 9.64 Å². The largest absolute Gasteiger partial charge is 0.376 e. The molecule has 1 unspecified atom stereocenters. The fourth-order valence-electron chi connectivity index (χ4n) is 3.68. The van der Waals surface area contributed by atoms with Crippen molar-refractivity contribution in [2.75, 3.05) is 13.2 Å². The van der Waals surface area contributed by atoms with Crippen molar-refractivity contribution < 1.29 is 9.53 Å². The first-order chi connectivity index (χ1) is 13.3. The van der Waals surface area contributed by atoms with Crippen molar-refractivity contribution in [1.29, 1.82) is 0 Å². The maximum absolute atomic E-state index is 13.0. The van der Waals surface area contributed by atoms with Gasteiger partial charge in [0.05, 0.1) is 12.6 Å². The molecule has 1 saturated heterocycles. The van der Waals surface area contributed by atoms with Crippen molar-refractivity contribution in [3.63, 3.8) is 0 Å². The van der Waals surface area contributed by atoms with Crippen LogP contribution in [0.2, 0.25) is 0 Å². The first-order valence-corrected chi connectivity index (χ1v) is 10.6.